The second-order valence-electron chi connectivity index (χ2n) is 7.46. The minimum atomic E-state index is -4.86. The molecule has 2 aromatic rings. The fourth-order valence-corrected chi connectivity index (χ4v) is 5.11. The van der Waals surface area contributed by atoms with Crippen molar-refractivity contribution in [1.82, 2.24) is 10.5 Å². The van der Waals surface area contributed by atoms with Crippen LogP contribution in [0.2, 0.25) is 5.02 Å². The molecule has 2 atom stereocenters. The highest BCUT2D eigenvalue weighted by atomic mass is 35.5. The molecular formula is C17H17ClF3N3O2. The van der Waals surface area contributed by atoms with E-state index in [1.165, 1.54) is 18.9 Å². The van der Waals surface area contributed by atoms with Crippen molar-refractivity contribution in [2.45, 2.75) is 43.6 Å². The van der Waals surface area contributed by atoms with Crippen LogP contribution in [0.25, 0.3) is 11.0 Å². The average molecular weight is 388 g/mol. The number of nitrogens with one attached hydrogen (secondary N) is 2. The van der Waals surface area contributed by atoms with Gasteiger partial charge in [0, 0.05) is 6.54 Å². The molecule has 2 bridgehead atoms. The first-order valence-electron chi connectivity index (χ1n) is 8.72. The lowest BCUT2D eigenvalue weighted by Crippen LogP contribution is -2.56. The highest BCUT2D eigenvalue weighted by Crippen LogP contribution is 2.53. The average Bonchev–Trinajstić information content (AvgIpc) is 3.27. The first-order valence-corrected chi connectivity index (χ1v) is 9.10. The van der Waals surface area contributed by atoms with Crippen LogP contribution >= 0.6 is 11.6 Å². The molecule has 1 aromatic carbocycles. The molecule has 1 aromatic heterocycles. The zero-order chi connectivity index (χ0) is 18.1. The molecule has 3 saturated carbocycles. The molecule has 26 heavy (non-hydrogen) atoms. The monoisotopic (exact) mass is 387 g/mol. The smallest absolute Gasteiger partial charge is 0.400 e. The Bertz CT molecular complexity index is 857. The van der Waals surface area contributed by atoms with Crippen LogP contribution in [-0.4, -0.2) is 29.6 Å². The number of alkyl halides is 3. The number of ether oxygens (including phenoxy) is 1. The quantitative estimate of drug-likeness (QED) is 0.767. The Labute approximate surface area is 152 Å². The van der Waals surface area contributed by atoms with Crippen molar-refractivity contribution in [3.8, 4) is 5.75 Å². The third-order valence-electron chi connectivity index (χ3n) is 6.17. The second kappa shape index (κ2) is 5.42. The largest absolute Gasteiger partial charge is 0.573 e. The van der Waals surface area contributed by atoms with Gasteiger partial charge in [-0.15, -0.1) is 13.2 Å². The number of aromatic nitrogens is 1. The molecule has 6 rings (SSSR count). The molecule has 2 heterocycles. The number of anilines is 1. The van der Waals surface area contributed by atoms with Gasteiger partial charge in [0.15, 0.2) is 11.6 Å². The molecule has 1 saturated heterocycles. The van der Waals surface area contributed by atoms with E-state index in [1.807, 2.05) is 0 Å². The standard InChI is InChI=1S/C17H17ClF3N3O2/c18-11-6-5-10-12(13(11)25-17(19,20)21)26-24-15(10)23-14-8-1-3-9(4-2-8)16(14)7-22-16/h5-6,8-9,14,22H,1-4,7H2,(H,23,24)/t8?,9?,14?,16-/m0/s1. The Balaban J connectivity index is 1.50. The Morgan fingerprint density at radius 3 is 2.65 bits per heavy atom. The summed E-state index contributed by atoms with van der Waals surface area (Å²) in [6, 6.07) is 3.17. The van der Waals surface area contributed by atoms with E-state index in [1.54, 1.807) is 6.07 Å². The summed E-state index contributed by atoms with van der Waals surface area (Å²) in [5.41, 5.74) is -0.0134. The summed E-state index contributed by atoms with van der Waals surface area (Å²) in [4.78, 5) is 0. The van der Waals surface area contributed by atoms with Crippen LogP contribution < -0.4 is 15.4 Å². The van der Waals surface area contributed by atoms with Crippen molar-refractivity contribution in [3.63, 3.8) is 0 Å². The molecule has 4 fully saturated rings. The number of hydrogen-bond acceptors (Lipinski definition) is 5. The summed E-state index contributed by atoms with van der Waals surface area (Å²) in [5.74, 6) is 1.05. The molecule has 3 aliphatic carbocycles. The summed E-state index contributed by atoms with van der Waals surface area (Å²) in [7, 11) is 0. The van der Waals surface area contributed by atoms with Crippen molar-refractivity contribution in [3.05, 3.63) is 17.2 Å². The number of rotatable bonds is 3. The highest BCUT2D eigenvalue weighted by molar-refractivity contribution is 6.33. The molecule has 1 aliphatic heterocycles. The van der Waals surface area contributed by atoms with Gasteiger partial charge >= 0.3 is 6.36 Å². The lowest BCUT2D eigenvalue weighted by molar-refractivity contribution is -0.274. The number of nitrogens with zero attached hydrogens (tertiary/aromatic N) is 1. The summed E-state index contributed by atoms with van der Waals surface area (Å²) in [6.07, 6.45) is -0.0718. The first kappa shape index (κ1) is 16.5. The van der Waals surface area contributed by atoms with Gasteiger partial charge in [-0.25, -0.2) is 0 Å². The van der Waals surface area contributed by atoms with Gasteiger partial charge in [-0.1, -0.05) is 16.8 Å². The fourth-order valence-electron chi connectivity index (χ4n) is 4.92. The molecule has 0 radical (unpaired) electrons. The van der Waals surface area contributed by atoms with Gasteiger partial charge < -0.3 is 19.9 Å². The molecular weight excluding hydrogens is 371 g/mol. The van der Waals surface area contributed by atoms with Crippen LogP contribution in [0.5, 0.6) is 5.75 Å². The van der Waals surface area contributed by atoms with Crippen LogP contribution in [0.4, 0.5) is 19.0 Å². The van der Waals surface area contributed by atoms with Gasteiger partial charge in [-0.05, 0) is 49.7 Å². The predicted octanol–water partition coefficient (Wildman–Crippen LogP) is 4.32. The third-order valence-corrected chi connectivity index (χ3v) is 6.47. The Morgan fingerprint density at radius 2 is 2.00 bits per heavy atom. The summed E-state index contributed by atoms with van der Waals surface area (Å²) >= 11 is 5.87. The number of fused-ring (bicyclic) bond motifs is 3. The topological polar surface area (TPSA) is 69.2 Å². The maximum absolute atomic E-state index is 12.7. The summed E-state index contributed by atoms with van der Waals surface area (Å²) in [5, 5.41) is 11.2. The van der Waals surface area contributed by atoms with E-state index in [2.05, 4.69) is 20.5 Å². The van der Waals surface area contributed by atoms with E-state index in [4.69, 9.17) is 16.1 Å². The van der Waals surface area contributed by atoms with E-state index in [0.29, 0.717) is 23.0 Å². The van der Waals surface area contributed by atoms with Crippen molar-refractivity contribution in [2.75, 3.05) is 11.9 Å². The minimum Gasteiger partial charge on any atom is -0.400 e. The van der Waals surface area contributed by atoms with Crippen LogP contribution in [0.3, 0.4) is 0 Å². The van der Waals surface area contributed by atoms with Gasteiger partial charge in [0.05, 0.1) is 22.0 Å². The number of halogens is 4. The third kappa shape index (κ3) is 2.45. The molecule has 4 aliphatic rings. The normalized spacial score (nSPS) is 33.0. The van der Waals surface area contributed by atoms with Crippen LogP contribution in [0.1, 0.15) is 25.7 Å². The minimum absolute atomic E-state index is 0.0875. The van der Waals surface area contributed by atoms with E-state index in [9.17, 15) is 13.2 Å². The highest BCUT2D eigenvalue weighted by Gasteiger charge is 2.61. The maximum Gasteiger partial charge on any atom is 0.573 e. The zero-order valence-electron chi connectivity index (χ0n) is 13.7. The molecule has 1 spiro atoms. The predicted molar refractivity (Wildman–Crippen MR) is 89.3 cm³/mol. The van der Waals surface area contributed by atoms with Gasteiger partial charge in [-0.2, -0.15) is 0 Å². The van der Waals surface area contributed by atoms with Crippen LogP contribution in [0, 0.1) is 11.8 Å². The van der Waals surface area contributed by atoms with Crippen LogP contribution in [-0.2, 0) is 0 Å². The lowest BCUT2D eigenvalue weighted by Gasteiger charge is -2.48. The van der Waals surface area contributed by atoms with Crippen molar-refractivity contribution < 1.29 is 22.4 Å². The van der Waals surface area contributed by atoms with E-state index in [-0.39, 0.29) is 22.2 Å². The summed E-state index contributed by atoms with van der Waals surface area (Å²) in [6.45, 7) is 0.968. The molecule has 2 N–H and O–H groups in total. The first-order chi connectivity index (χ1) is 12.4. The van der Waals surface area contributed by atoms with Crippen LogP contribution in [0.15, 0.2) is 16.7 Å². The maximum atomic E-state index is 12.7. The Hall–Kier alpha value is -1.67. The van der Waals surface area contributed by atoms with E-state index < -0.39 is 12.1 Å². The summed E-state index contributed by atoms with van der Waals surface area (Å²) < 4.78 is 47.2. The second-order valence-corrected chi connectivity index (χ2v) is 7.87. The molecule has 1 unspecified atom stereocenters. The molecule has 9 heteroatoms. The van der Waals surface area contributed by atoms with Gasteiger partial charge in [0.2, 0.25) is 5.58 Å². The van der Waals surface area contributed by atoms with Crippen molar-refractivity contribution in [2.24, 2.45) is 11.8 Å². The van der Waals surface area contributed by atoms with Gasteiger partial charge in [0.25, 0.3) is 0 Å². The molecule has 5 nitrogen and oxygen atoms in total. The van der Waals surface area contributed by atoms with Gasteiger partial charge in [0.1, 0.15) is 0 Å². The number of hydrogen-bond donors (Lipinski definition) is 2. The molecule has 0 amide bonds. The number of benzene rings is 1. The van der Waals surface area contributed by atoms with Crippen molar-refractivity contribution >= 4 is 28.4 Å². The molecule has 140 valence electrons. The fraction of sp³-hybridized carbons (Fsp3) is 0.588. The zero-order valence-corrected chi connectivity index (χ0v) is 14.5. The van der Waals surface area contributed by atoms with E-state index in [0.717, 1.165) is 19.4 Å². The Morgan fingerprint density at radius 1 is 1.27 bits per heavy atom. The Kier molecular flexibility index (Phi) is 3.44. The van der Waals surface area contributed by atoms with E-state index >= 15 is 0 Å². The lowest BCUT2D eigenvalue weighted by atomic mass is 9.61. The van der Waals surface area contributed by atoms with Crippen molar-refractivity contribution in [1.29, 1.82) is 0 Å². The SMILES string of the molecule is FC(F)(F)Oc1c(Cl)ccc2c(NC3C4CCC(CC4)[C@@]34CN4)noc12. The van der Waals surface area contributed by atoms with Gasteiger partial charge in [-0.3, -0.25) is 0 Å².